The van der Waals surface area contributed by atoms with Gasteiger partial charge in [-0.2, -0.15) is 0 Å². The minimum atomic E-state index is -3.63. The molecule has 31 heavy (non-hydrogen) atoms. The molecule has 0 saturated carbocycles. The lowest BCUT2D eigenvalue weighted by atomic mass is 10.1. The second-order valence-electron chi connectivity index (χ2n) is 7.44. The molecule has 0 atom stereocenters. The summed E-state index contributed by atoms with van der Waals surface area (Å²) >= 11 is 0. The Balaban J connectivity index is 1.48. The quantitative estimate of drug-likeness (QED) is 0.558. The molecule has 6 nitrogen and oxygen atoms in total. The summed E-state index contributed by atoms with van der Waals surface area (Å²) < 4.78 is 65.3. The fraction of sp³-hybridized carbons (Fsp3) is 0.455. The largest absolute Gasteiger partial charge is 0.491 e. The SMILES string of the molecule is CCOCCOc1ccc(S(=O)(=O)NC2CCN(Cc3ccc(F)c(F)c3)CC2)cc1. The molecule has 2 aromatic rings. The molecular formula is C22H28F2N2O4S. The molecule has 2 aromatic carbocycles. The third-order valence-corrected chi connectivity index (χ3v) is 6.67. The van der Waals surface area contributed by atoms with E-state index in [2.05, 4.69) is 9.62 Å². The first-order valence-corrected chi connectivity index (χ1v) is 11.8. The van der Waals surface area contributed by atoms with Crippen molar-refractivity contribution in [3.8, 4) is 5.75 Å². The summed E-state index contributed by atoms with van der Waals surface area (Å²) in [4.78, 5) is 2.29. The summed E-state index contributed by atoms with van der Waals surface area (Å²) in [7, 11) is -3.63. The molecule has 1 heterocycles. The van der Waals surface area contributed by atoms with Gasteiger partial charge in [0, 0.05) is 32.3 Å². The summed E-state index contributed by atoms with van der Waals surface area (Å²) in [5.74, 6) is -1.13. The van der Waals surface area contributed by atoms with Crippen LogP contribution in [0, 0.1) is 11.6 Å². The molecule has 9 heteroatoms. The highest BCUT2D eigenvalue weighted by atomic mass is 32.2. The monoisotopic (exact) mass is 454 g/mol. The van der Waals surface area contributed by atoms with Crippen molar-refractivity contribution in [3.05, 3.63) is 59.7 Å². The van der Waals surface area contributed by atoms with Crippen LogP contribution in [0.25, 0.3) is 0 Å². The zero-order chi connectivity index (χ0) is 22.3. The summed E-state index contributed by atoms with van der Waals surface area (Å²) in [5, 5.41) is 0. The van der Waals surface area contributed by atoms with Crippen LogP contribution in [0.2, 0.25) is 0 Å². The van der Waals surface area contributed by atoms with Crippen LogP contribution in [0.3, 0.4) is 0 Å². The van der Waals surface area contributed by atoms with Crippen LogP contribution in [-0.2, 0) is 21.3 Å². The van der Waals surface area contributed by atoms with Crippen molar-refractivity contribution in [2.45, 2.75) is 37.2 Å². The van der Waals surface area contributed by atoms with Crippen LogP contribution in [0.4, 0.5) is 8.78 Å². The number of ether oxygens (including phenoxy) is 2. The standard InChI is InChI=1S/C22H28F2N2O4S/c1-2-29-13-14-30-19-4-6-20(7-5-19)31(27,28)25-18-9-11-26(12-10-18)16-17-3-8-21(23)22(24)15-17/h3-8,15,18,25H,2,9-14,16H2,1H3. The van der Waals surface area contributed by atoms with Gasteiger partial charge >= 0.3 is 0 Å². The van der Waals surface area contributed by atoms with E-state index in [-0.39, 0.29) is 10.9 Å². The average molecular weight is 455 g/mol. The first-order valence-electron chi connectivity index (χ1n) is 10.4. The number of rotatable bonds is 10. The van der Waals surface area contributed by atoms with Gasteiger partial charge in [-0.25, -0.2) is 21.9 Å². The Morgan fingerprint density at radius 3 is 2.39 bits per heavy atom. The van der Waals surface area contributed by atoms with Crippen LogP contribution in [0.1, 0.15) is 25.3 Å². The van der Waals surface area contributed by atoms with Crippen molar-refractivity contribution in [1.29, 1.82) is 0 Å². The van der Waals surface area contributed by atoms with E-state index in [4.69, 9.17) is 9.47 Å². The van der Waals surface area contributed by atoms with E-state index in [0.717, 1.165) is 6.07 Å². The zero-order valence-electron chi connectivity index (χ0n) is 17.5. The molecule has 0 aromatic heterocycles. The third kappa shape index (κ3) is 6.96. The lowest BCUT2D eigenvalue weighted by Gasteiger charge is -2.32. The Bertz CT molecular complexity index is 946. The fourth-order valence-corrected chi connectivity index (χ4v) is 4.78. The highest BCUT2D eigenvalue weighted by Crippen LogP contribution is 2.20. The number of benzene rings is 2. The molecule has 0 unspecified atom stereocenters. The number of hydrogen-bond acceptors (Lipinski definition) is 5. The predicted molar refractivity (Wildman–Crippen MR) is 113 cm³/mol. The fourth-order valence-electron chi connectivity index (χ4n) is 3.47. The van der Waals surface area contributed by atoms with Crippen LogP contribution >= 0.6 is 0 Å². The molecule has 3 rings (SSSR count). The average Bonchev–Trinajstić information content (AvgIpc) is 2.75. The van der Waals surface area contributed by atoms with E-state index in [1.807, 2.05) is 6.92 Å². The Morgan fingerprint density at radius 1 is 1.03 bits per heavy atom. The van der Waals surface area contributed by atoms with Crippen LogP contribution < -0.4 is 9.46 Å². The number of nitrogens with one attached hydrogen (secondary N) is 1. The van der Waals surface area contributed by atoms with Gasteiger partial charge in [0.15, 0.2) is 11.6 Å². The number of likely N-dealkylation sites (tertiary alicyclic amines) is 1. The highest BCUT2D eigenvalue weighted by Gasteiger charge is 2.25. The molecule has 0 spiro atoms. The van der Waals surface area contributed by atoms with E-state index >= 15 is 0 Å². The summed E-state index contributed by atoms with van der Waals surface area (Å²) in [6.45, 7) is 5.24. The van der Waals surface area contributed by atoms with Gasteiger partial charge in [-0.05, 0) is 61.7 Å². The Kier molecular flexibility index (Phi) is 8.36. The Morgan fingerprint density at radius 2 is 1.74 bits per heavy atom. The minimum Gasteiger partial charge on any atom is -0.491 e. The molecule has 1 saturated heterocycles. The summed E-state index contributed by atoms with van der Waals surface area (Å²) in [6.07, 6.45) is 1.28. The molecule has 0 amide bonds. The first kappa shape index (κ1) is 23.6. The van der Waals surface area contributed by atoms with Gasteiger partial charge in [-0.1, -0.05) is 6.07 Å². The van der Waals surface area contributed by atoms with Crippen molar-refractivity contribution < 1.29 is 26.7 Å². The zero-order valence-corrected chi connectivity index (χ0v) is 18.3. The van der Waals surface area contributed by atoms with E-state index in [1.165, 1.54) is 18.2 Å². The van der Waals surface area contributed by atoms with Gasteiger partial charge in [-0.3, -0.25) is 4.90 Å². The van der Waals surface area contributed by atoms with E-state index in [9.17, 15) is 17.2 Å². The molecule has 0 radical (unpaired) electrons. The molecule has 0 aliphatic carbocycles. The number of halogens is 2. The van der Waals surface area contributed by atoms with E-state index in [0.29, 0.717) is 63.6 Å². The van der Waals surface area contributed by atoms with E-state index < -0.39 is 21.7 Å². The second kappa shape index (κ2) is 11.0. The molecule has 170 valence electrons. The highest BCUT2D eigenvalue weighted by molar-refractivity contribution is 7.89. The maximum Gasteiger partial charge on any atom is 0.240 e. The molecule has 0 bridgehead atoms. The second-order valence-corrected chi connectivity index (χ2v) is 9.15. The van der Waals surface area contributed by atoms with Crippen LogP contribution in [-0.4, -0.2) is 52.3 Å². The predicted octanol–water partition coefficient (Wildman–Crippen LogP) is 3.32. The topological polar surface area (TPSA) is 67.9 Å². The maximum atomic E-state index is 13.4. The van der Waals surface area contributed by atoms with Gasteiger partial charge in [-0.15, -0.1) is 0 Å². The molecule has 1 N–H and O–H groups in total. The van der Waals surface area contributed by atoms with Crippen molar-refractivity contribution in [1.82, 2.24) is 9.62 Å². The van der Waals surface area contributed by atoms with Crippen molar-refractivity contribution in [2.24, 2.45) is 0 Å². The molecule has 1 aliphatic heterocycles. The third-order valence-electron chi connectivity index (χ3n) is 5.13. The molecular weight excluding hydrogens is 426 g/mol. The lowest BCUT2D eigenvalue weighted by molar-refractivity contribution is 0.110. The minimum absolute atomic E-state index is 0.173. The molecule has 1 fully saturated rings. The number of piperidine rings is 1. The molecule has 1 aliphatic rings. The normalized spacial score (nSPS) is 15.8. The maximum absolute atomic E-state index is 13.4. The van der Waals surface area contributed by atoms with Crippen LogP contribution in [0.5, 0.6) is 5.75 Å². The smallest absolute Gasteiger partial charge is 0.240 e. The Hall–Kier alpha value is -2.07. The van der Waals surface area contributed by atoms with Crippen molar-refractivity contribution >= 4 is 10.0 Å². The summed E-state index contributed by atoms with van der Waals surface area (Å²) in [6, 6.07) is 10.0. The van der Waals surface area contributed by atoms with Gasteiger partial charge in [0.05, 0.1) is 11.5 Å². The van der Waals surface area contributed by atoms with Gasteiger partial charge in [0.1, 0.15) is 12.4 Å². The van der Waals surface area contributed by atoms with Crippen LogP contribution in [0.15, 0.2) is 47.4 Å². The number of hydrogen-bond donors (Lipinski definition) is 1. The van der Waals surface area contributed by atoms with Crippen molar-refractivity contribution in [3.63, 3.8) is 0 Å². The lowest BCUT2D eigenvalue weighted by Crippen LogP contribution is -2.44. The van der Waals surface area contributed by atoms with Gasteiger partial charge in [0.25, 0.3) is 0 Å². The van der Waals surface area contributed by atoms with E-state index in [1.54, 1.807) is 18.2 Å². The van der Waals surface area contributed by atoms with Gasteiger partial charge < -0.3 is 9.47 Å². The Labute approximate surface area is 182 Å². The van der Waals surface area contributed by atoms with Gasteiger partial charge in [0.2, 0.25) is 10.0 Å². The van der Waals surface area contributed by atoms with Crippen molar-refractivity contribution in [2.75, 3.05) is 32.9 Å². The first-order chi connectivity index (χ1) is 14.9. The summed E-state index contributed by atoms with van der Waals surface area (Å²) in [5.41, 5.74) is 0.696. The number of sulfonamides is 1. The number of nitrogens with zero attached hydrogens (tertiary/aromatic N) is 1.